The second-order valence-corrected chi connectivity index (χ2v) is 3.79. The van der Waals surface area contributed by atoms with E-state index in [2.05, 4.69) is 5.32 Å². The molecule has 0 amide bonds. The Hall–Kier alpha value is -2.88. The molecule has 0 aliphatic carbocycles. The van der Waals surface area contributed by atoms with Crippen LogP contribution in [0, 0.1) is 28.4 Å². The minimum absolute atomic E-state index is 0.0251. The summed E-state index contributed by atoms with van der Waals surface area (Å²) >= 11 is 0. The summed E-state index contributed by atoms with van der Waals surface area (Å²) in [4.78, 5) is 21.5. The van der Waals surface area contributed by atoms with Crippen molar-refractivity contribution >= 4 is 17.3 Å². The fourth-order valence-corrected chi connectivity index (χ4v) is 1.42. The Morgan fingerprint density at radius 1 is 1.60 bits per heavy atom. The number of nitrogens with zero attached hydrogens (tertiary/aromatic N) is 2. The van der Waals surface area contributed by atoms with Gasteiger partial charge in [-0.25, -0.2) is 4.79 Å². The van der Waals surface area contributed by atoms with E-state index in [4.69, 9.17) is 10.00 Å². The predicted octanol–water partition coefficient (Wildman–Crippen LogP) is 2.29. The highest BCUT2D eigenvalue weighted by Crippen LogP contribution is 2.21. The van der Waals surface area contributed by atoms with Gasteiger partial charge in [0.1, 0.15) is 6.07 Å². The number of nitrogens with one attached hydrogen (secondary N) is 1. The molecule has 7 nitrogen and oxygen atoms in total. The minimum Gasteiger partial charge on any atom is -0.462 e. The van der Waals surface area contributed by atoms with Crippen molar-refractivity contribution < 1.29 is 14.5 Å². The number of aryl methyl sites for hydroxylation is 1. The molecule has 104 valence electrons. The van der Waals surface area contributed by atoms with Crippen molar-refractivity contribution in [2.75, 3.05) is 11.9 Å². The van der Waals surface area contributed by atoms with Crippen molar-refractivity contribution in [3.05, 3.63) is 45.6 Å². The highest BCUT2D eigenvalue weighted by molar-refractivity contribution is 5.93. The van der Waals surface area contributed by atoms with E-state index in [-0.39, 0.29) is 17.9 Å². The molecule has 0 fully saturated rings. The van der Waals surface area contributed by atoms with Gasteiger partial charge in [0.05, 0.1) is 11.5 Å². The van der Waals surface area contributed by atoms with E-state index < -0.39 is 10.9 Å². The third-order valence-electron chi connectivity index (χ3n) is 2.41. The summed E-state index contributed by atoms with van der Waals surface area (Å²) in [5, 5.41) is 22.2. The first-order valence-electron chi connectivity index (χ1n) is 5.78. The SMILES string of the molecule is CCOC(=O)/C(C#N)=C\Nc1ccc([N+](=O)[O-])cc1C. The summed E-state index contributed by atoms with van der Waals surface area (Å²) in [7, 11) is 0. The van der Waals surface area contributed by atoms with Crippen LogP contribution >= 0.6 is 0 Å². The van der Waals surface area contributed by atoms with Gasteiger partial charge < -0.3 is 10.1 Å². The molecular formula is C13H13N3O4. The van der Waals surface area contributed by atoms with Crippen LogP contribution in [-0.2, 0) is 9.53 Å². The zero-order chi connectivity index (χ0) is 15.1. The summed E-state index contributed by atoms with van der Waals surface area (Å²) < 4.78 is 4.71. The van der Waals surface area contributed by atoms with E-state index in [1.807, 2.05) is 0 Å². The Bertz CT molecular complexity index is 602. The lowest BCUT2D eigenvalue weighted by Crippen LogP contribution is -2.08. The molecule has 0 atom stereocenters. The van der Waals surface area contributed by atoms with Gasteiger partial charge in [0, 0.05) is 24.0 Å². The van der Waals surface area contributed by atoms with Crippen LogP contribution in [0.15, 0.2) is 30.0 Å². The van der Waals surface area contributed by atoms with Crippen LogP contribution in [0.25, 0.3) is 0 Å². The van der Waals surface area contributed by atoms with Gasteiger partial charge in [-0.3, -0.25) is 10.1 Å². The average molecular weight is 275 g/mol. The predicted molar refractivity (Wildman–Crippen MR) is 71.8 cm³/mol. The molecule has 0 unspecified atom stereocenters. The molecule has 0 saturated carbocycles. The zero-order valence-electron chi connectivity index (χ0n) is 11.0. The highest BCUT2D eigenvalue weighted by atomic mass is 16.6. The van der Waals surface area contributed by atoms with E-state index >= 15 is 0 Å². The largest absolute Gasteiger partial charge is 0.462 e. The highest BCUT2D eigenvalue weighted by Gasteiger charge is 2.11. The Labute approximate surface area is 115 Å². The third-order valence-corrected chi connectivity index (χ3v) is 2.41. The van der Waals surface area contributed by atoms with Gasteiger partial charge in [-0.1, -0.05) is 0 Å². The Kier molecular flexibility index (Phi) is 5.23. The number of hydrogen-bond acceptors (Lipinski definition) is 6. The molecule has 7 heteroatoms. The average Bonchev–Trinajstić information content (AvgIpc) is 2.41. The lowest BCUT2D eigenvalue weighted by Gasteiger charge is -2.06. The summed E-state index contributed by atoms with van der Waals surface area (Å²) in [5.74, 6) is -0.720. The number of ether oxygens (including phenoxy) is 1. The van der Waals surface area contributed by atoms with Gasteiger partial charge in [0.25, 0.3) is 5.69 Å². The van der Waals surface area contributed by atoms with Crippen LogP contribution in [0.1, 0.15) is 12.5 Å². The number of carbonyl (C=O) groups excluding carboxylic acids is 1. The Morgan fingerprint density at radius 2 is 2.30 bits per heavy atom. The van der Waals surface area contributed by atoms with E-state index in [1.54, 1.807) is 19.9 Å². The van der Waals surface area contributed by atoms with Crippen molar-refractivity contribution in [1.29, 1.82) is 5.26 Å². The van der Waals surface area contributed by atoms with Crippen molar-refractivity contribution in [2.45, 2.75) is 13.8 Å². The molecule has 0 aliphatic heterocycles. The normalized spacial score (nSPS) is 10.6. The fourth-order valence-electron chi connectivity index (χ4n) is 1.42. The van der Waals surface area contributed by atoms with E-state index in [9.17, 15) is 14.9 Å². The quantitative estimate of drug-likeness (QED) is 0.290. The first-order chi connectivity index (χ1) is 9.49. The molecule has 1 N–H and O–H groups in total. The van der Waals surface area contributed by atoms with Gasteiger partial charge in [-0.15, -0.1) is 0 Å². The molecule has 20 heavy (non-hydrogen) atoms. The standard InChI is InChI=1S/C13H13N3O4/c1-3-20-13(17)10(7-14)8-15-12-5-4-11(16(18)19)6-9(12)2/h4-6,8,15H,3H2,1-2H3/b10-8-. The zero-order valence-corrected chi connectivity index (χ0v) is 11.0. The van der Waals surface area contributed by atoms with E-state index in [0.29, 0.717) is 11.3 Å². The number of anilines is 1. The van der Waals surface area contributed by atoms with Crippen LogP contribution in [0.4, 0.5) is 11.4 Å². The third kappa shape index (κ3) is 3.81. The molecule has 0 heterocycles. The smallest absolute Gasteiger partial charge is 0.350 e. The molecule has 0 aromatic heterocycles. The van der Waals surface area contributed by atoms with Gasteiger partial charge in [-0.05, 0) is 25.5 Å². The van der Waals surface area contributed by atoms with Gasteiger partial charge >= 0.3 is 5.97 Å². The number of carbonyl (C=O) groups is 1. The molecular weight excluding hydrogens is 262 g/mol. The molecule has 0 spiro atoms. The molecule has 1 aromatic carbocycles. The number of hydrogen-bond donors (Lipinski definition) is 1. The van der Waals surface area contributed by atoms with Crippen molar-refractivity contribution in [1.82, 2.24) is 0 Å². The fraction of sp³-hybridized carbons (Fsp3) is 0.231. The minimum atomic E-state index is -0.720. The maximum Gasteiger partial charge on any atom is 0.350 e. The second-order valence-electron chi connectivity index (χ2n) is 3.79. The molecule has 1 aromatic rings. The number of nitro benzene ring substituents is 1. The van der Waals surface area contributed by atoms with Crippen LogP contribution in [0.2, 0.25) is 0 Å². The monoisotopic (exact) mass is 275 g/mol. The van der Waals surface area contributed by atoms with E-state index in [0.717, 1.165) is 0 Å². The Morgan fingerprint density at radius 3 is 2.80 bits per heavy atom. The maximum atomic E-state index is 11.4. The molecule has 0 aliphatic rings. The topological polar surface area (TPSA) is 105 Å². The van der Waals surface area contributed by atoms with Gasteiger partial charge in [-0.2, -0.15) is 5.26 Å². The van der Waals surface area contributed by atoms with Crippen LogP contribution in [0.5, 0.6) is 0 Å². The number of non-ortho nitro benzene ring substituents is 1. The molecule has 0 radical (unpaired) electrons. The van der Waals surface area contributed by atoms with Crippen molar-refractivity contribution in [3.8, 4) is 6.07 Å². The van der Waals surface area contributed by atoms with Crippen molar-refractivity contribution in [3.63, 3.8) is 0 Å². The first-order valence-corrected chi connectivity index (χ1v) is 5.78. The maximum absolute atomic E-state index is 11.4. The lowest BCUT2D eigenvalue weighted by molar-refractivity contribution is -0.384. The number of nitriles is 1. The number of rotatable bonds is 5. The number of benzene rings is 1. The van der Waals surface area contributed by atoms with Crippen LogP contribution in [-0.4, -0.2) is 17.5 Å². The number of nitro groups is 1. The summed E-state index contributed by atoms with van der Waals surface area (Å²) in [5.41, 5.74) is 0.983. The lowest BCUT2D eigenvalue weighted by atomic mass is 10.2. The number of esters is 1. The molecule has 0 saturated heterocycles. The van der Waals surface area contributed by atoms with Gasteiger partial charge in [0.15, 0.2) is 5.57 Å². The first kappa shape index (κ1) is 15.2. The van der Waals surface area contributed by atoms with Crippen LogP contribution < -0.4 is 5.32 Å². The molecule has 1 rings (SSSR count). The summed E-state index contributed by atoms with van der Waals surface area (Å²) in [6.45, 7) is 3.49. The Balaban J connectivity index is 2.91. The van der Waals surface area contributed by atoms with Gasteiger partial charge in [0.2, 0.25) is 0 Å². The second kappa shape index (κ2) is 6.89. The summed E-state index contributed by atoms with van der Waals surface area (Å²) in [6.07, 6.45) is 1.21. The van der Waals surface area contributed by atoms with E-state index in [1.165, 1.54) is 24.4 Å². The molecule has 0 bridgehead atoms. The summed E-state index contributed by atoms with van der Waals surface area (Å²) in [6, 6.07) is 5.95. The van der Waals surface area contributed by atoms with Crippen LogP contribution in [0.3, 0.4) is 0 Å². The van der Waals surface area contributed by atoms with Crippen molar-refractivity contribution in [2.24, 2.45) is 0 Å².